The van der Waals surface area contributed by atoms with Crippen LogP contribution in [-0.4, -0.2) is 49.2 Å². The number of rotatable bonds is 3. The maximum Gasteiger partial charge on any atom is 0.414 e. The molecule has 2 aliphatic carbocycles. The quantitative estimate of drug-likeness (QED) is 0.361. The van der Waals surface area contributed by atoms with E-state index in [1.54, 1.807) is 33.9 Å². The highest BCUT2D eigenvalue weighted by atomic mass is 79.9. The van der Waals surface area contributed by atoms with Crippen molar-refractivity contribution < 1.29 is 23.5 Å². The number of aliphatic imine (C=N–C) groups is 1. The van der Waals surface area contributed by atoms with E-state index in [0.717, 1.165) is 35.7 Å². The number of carbonyl (C=O) groups is 2. The first kappa shape index (κ1) is 24.6. The predicted molar refractivity (Wildman–Crippen MR) is 123 cm³/mol. The van der Waals surface area contributed by atoms with Crippen molar-refractivity contribution in [1.29, 1.82) is 0 Å². The van der Waals surface area contributed by atoms with E-state index in [2.05, 4.69) is 21.2 Å². The minimum absolute atomic E-state index is 0.0662. The molecule has 2 amide bonds. The van der Waals surface area contributed by atoms with Crippen LogP contribution in [0.3, 0.4) is 0 Å². The van der Waals surface area contributed by atoms with Gasteiger partial charge in [0.25, 0.3) is 0 Å². The van der Waals surface area contributed by atoms with E-state index in [4.69, 9.17) is 14.5 Å². The van der Waals surface area contributed by atoms with Gasteiger partial charge in [0.1, 0.15) is 11.4 Å². The van der Waals surface area contributed by atoms with Crippen molar-refractivity contribution in [3.05, 3.63) is 33.5 Å². The first-order chi connectivity index (χ1) is 15.0. The normalized spacial score (nSPS) is 25.4. The van der Waals surface area contributed by atoms with Crippen molar-refractivity contribution in [1.82, 2.24) is 10.2 Å². The number of carbonyl (C=O) groups excluding carboxylic acids is 2. The minimum atomic E-state index is -0.710. The molecule has 0 aromatic heterocycles. The fraction of sp³-hybridized carbons (Fsp3) is 0.609. The van der Waals surface area contributed by atoms with E-state index in [9.17, 15) is 14.0 Å². The van der Waals surface area contributed by atoms with E-state index in [-0.39, 0.29) is 23.3 Å². The number of ether oxygens (including phenoxy) is 2. The van der Waals surface area contributed by atoms with Crippen LogP contribution in [0.15, 0.2) is 21.6 Å². The number of nitrogens with one attached hydrogen (secondary N) is 1. The Kier molecular flexibility index (Phi) is 7.29. The topological polar surface area (TPSA) is 80.2 Å². The zero-order valence-corrected chi connectivity index (χ0v) is 20.8. The Morgan fingerprint density at radius 1 is 1.34 bits per heavy atom. The molecule has 1 aromatic carbocycles. The number of alkyl carbamates (subject to hydrolysis) is 1. The zero-order chi connectivity index (χ0) is 23.7. The first-order valence-corrected chi connectivity index (χ1v) is 11.5. The lowest BCUT2D eigenvalue weighted by molar-refractivity contribution is -0.114. The third-order valence-corrected chi connectivity index (χ3v) is 6.94. The summed E-state index contributed by atoms with van der Waals surface area (Å²) in [5.74, 6) is -0.198. The van der Waals surface area contributed by atoms with Crippen molar-refractivity contribution in [3.8, 4) is 0 Å². The van der Waals surface area contributed by atoms with Crippen LogP contribution in [0.1, 0.15) is 63.6 Å². The molecule has 1 fully saturated rings. The summed E-state index contributed by atoms with van der Waals surface area (Å²) in [7, 11) is 3.22. The number of halogens is 2. The number of hydrogen-bond donors (Lipinski definition) is 1. The van der Waals surface area contributed by atoms with Crippen LogP contribution in [0.4, 0.5) is 9.18 Å². The number of guanidine groups is 1. The van der Waals surface area contributed by atoms with Crippen molar-refractivity contribution in [3.63, 3.8) is 0 Å². The molecular formula is C23H31BrFN3O4. The van der Waals surface area contributed by atoms with Crippen molar-refractivity contribution in [2.45, 2.75) is 70.6 Å². The summed E-state index contributed by atoms with van der Waals surface area (Å²) in [4.78, 5) is 30.1. The summed E-state index contributed by atoms with van der Waals surface area (Å²) in [6.07, 6.45) is 3.85. The van der Waals surface area contributed by atoms with Crippen molar-refractivity contribution >= 4 is 34.4 Å². The number of methoxy groups -OCH3 is 1. The van der Waals surface area contributed by atoms with Crippen LogP contribution in [0.5, 0.6) is 0 Å². The number of benzene rings is 1. The second-order valence-electron chi connectivity index (χ2n) is 9.59. The fourth-order valence-electron chi connectivity index (χ4n) is 4.67. The van der Waals surface area contributed by atoms with Gasteiger partial charge in [-0.05, 0) is 76.1 Å². The molecule has 1 aromatic rings. The molecule has 0 bridgehead atoms. The molecule has 1 atom stereocenters. The molecule has 0 radical (unpaired) electrons. The van der Waals surface area contributed by atoms with E-state index in [1.807, 2.05) is 0 Å². The monoisotopic (exact) mass is 511 g/mol. The summed E-state index contributed by atoms with van der Waals surface area (Å²) < 4.78 is 26.5. The molecule has 176 valence electrons. The molecule has 32 heavy (non-hydrogen) atoms. The highest BCUT2D eigenvalue weighted by molar-refractivity contribution is 9.10. The Morgan fingerprint density at radius 3 is 2.56 bits per heavy atom. The van der Waals surface area contributed by atoms with Crippen LogP contribution in [0.2, 0.25) is 0 Å². The Labute approximate surface area is 196 Å². The molecule has 1 N–H and O–H groups in total. The van der Waals surface area contributed by atoms with Gasteiger partial charge < -0.3 is 9.47 Å². The van der Waals surface area contributed by atoms with Gasteiger partial charge in [0.05, 0.1) is 12.1 Å². The molecule has 2 aliphatic rings. The van der Waals surface area contributed by atoms with Crippen LogP contribution in [0.25, 0.3) is 0 Å². The van der Waals surface area contributed by atoms with Crippen molar-refractivity contribution in [2.24, 2.45) is 10.4 Å². The molecule has 3 rings (SSSR count). The first-order valence-electron chi connectivity index (χ1n) is 10.7. The standard InChI is InChI=1S/C23H31BrFN3O4/c1-22(2,3)32-21(30)27-20(28(4)13-29)26-19-18-15(17(25)7-6-16(18)24)12-23(19)10-8-14(31-5)9-11-23/h6-7,13-14,19H,8-12H2,1-5H3,(H,26,27,30). The SMILES string of the molecule is COC1CCC2(CC1)Cc1c(F)ccc(Br)c1C2N=C(NC(=O)OC(C)(C)C)N(C)C=O. The van der Waals surface area contributed by atoms with Gasteiger partial charge in [-0.25, -0.2) is 14.2 Å². The smallest absolute Gasteiger partial charge is 0.414 e. The van der Waals surface area contributed by atoms with Crippen LogP contribution in [0, 0.1) is 11.2 Å². The van der Waals surface area contributed by atoms with Crippen molar-refractivity contribution in [2.75, 3.05) is 14.2 Å². The van der Waals surface area contributed by atoms with Crippen LogP contribution in [-0.2, 0) is 20.7 Å². The summed E-state index contributed by atoms with van der Waals surface area (Å²) in [5, 5.41) is 2.61. The molecular weight excluding hydrogens is 481 g/mol. The molecule has 0 saturated heterocycles. The van der Waals surface area contributed by atoms with Gasteiger partial charge >= 0.3 is 6.09 Å². The molecule has 0 heterocycles. The maximum absolute atomic E-state index is 14.8. The van der Waals surface area contributed by atoms with Gasteiger partial charge in [-0.3, -0.25) is 15.0 Å². The van der Waals surface area contributed by atoms with Crippen LogP contribution < -0.4 is 5.32 Å². The van der Waals surface area contributed by atoms with E-state index in [0.29, 0.717) is 18.4 Å². The molecule has 9 heteroatoms. The second kappa shape index (κ2) is 9.47. The third kappa shape index (κ3) is 5.14. The lowest BCUT2D eigenvalue weighted by Crippen LogP contribution is -2.45. The molecule has 1 unspecified atom stereocenters. The summed E-state index contributed by atoms with van der Waals surface area (Å²) >= 11 is 3.58. The Morgan fingerprint density at radius 2 is 2.00 bits per heavy atom. The number of hydrogen-bond acceptors (Lipinski definition) is 5. The average Bonchev–Trinajstić information content (AvgIpc) is 3.03. The summed E-state index contributed by atoms with van der Waals surface area (Å²) in [6, 6.07) is 2.70. The lowest BCUT2D eigenvalue weighted by Gasteiger charge is -2.40. The van der Waals surface area contributed by atoms with Gasteiger partial charge in [-0.15, -0.1) is 0 Å². The van der Waals surface area contributed by atoms with Gasteiger partial charge in [-0.2, -0.15) is 0 Å². The second-order valence-corrected chi connectivity index (χ2v) is 10.4. The minimum Gasteiger partial charge on any atom is -0.444 e. The number of nitrogens with zero attached hydrogens (tertiary/aromatic N) is 2. The van der Waals surface area contributed by atoms with Crippen LogP contribution >= 0.6 is 15.9 Å². The largest absolute Gasteiger partial charge is 0.444 e. The number of amides is 2. The van der Waals surface area contributed by atoms with Gasteiger partial charge in [0.15, 0.2) is 0 Å². The summed E-state index contributed by atoms with van der Waals surface area (Å²) in [5.41, 5.74) is 0.367. The van der Waals surface area contributed by atoms with E-state index >= 15 is 0 Å². The number of fused-ring (bicyclic) bond motifs is 1. The molecule has 0 aliphatic heterocycles. The Hall–Kier alpha value is -2.00. The van der Waals surface area contributed by atoms with Gasteiger partial charge in [0.2, 0.25) is 12.4 Å². The molecule has 7 nitrogen and oxygen atoms in total. The Bertz CT molecular complexity index is 907. The van der Waals surface area contributed by atoms with Gasteiger partial charge in [-0.1, -0.05) is 15.9 Å². The maximum atomic E-state index is 14.8. The molecule has 1 saturated carbocycles. The lowest BCUT2D eigenvalue weighted by atomic mass is 9.68. The Balaban J connectivity index is 2.04. The summed E-state index contributed by atoms with van der Waals surface area (Å²) in [6.45, 7) is 5.26. The average molecular weight is 512 g/mol. The fourth-order valence-corrected chi connectivity index (χ4v) is 5.26. The molecule has 1 spiro atoms. The van der Waals surface area contributed by atoms with E-state index in [1.165, 1.54) is 18.0 Å². The zero-order valence-electron chi connectivity index (χ0n) is 19.2. The highest BCUT2D eigenvalue weighted by Crippen LogP contribution is 2.58. The van der Waals surface area contributed by atoms with Gasteiger partial charge in [0, 0.05) is 24.0 Å². The highest BCUT2D eigenvalue weighted by Gasteiger charge is 2.50. The van der Waals surface area contributed by atoms with E-state index < -0.39 is 17.7 Å². The predicted octanol–water partition coefficient (Wildman–Crippen LogP) is 4.73. The third-order valence-electron chi connectivity index (χ3n) is 6.25.